The fourth-order valence-corrected chi connectivity index (χ4v) is 2.31. The van der Waals surface area contributed by atoms with E-state index < -0.39 is 0 Å². The summed E-state index contributed by atoms with van der Waals surface area (Å²) in [6.45, 7) is 6.72. The molecule has 0 amide bonds. The molecule has 6 nitrogen and oxygen atoms in total. The lowest BCUT2D eigenvalue weighted by Gasteiger charge is -2.13. The lowest BCUT2D eigenvalue weighted by Crippen LogP contribution is -2.37. The summed E-state index contributed by atoms with van der Waals surface area (Å²) in [5.74, 6) is 2.51. The second-order valence-electron chi connectivity index (χ2n) is 6.15. The number of nitrogens with one attached hydrogen (secondary N) is 2. The highest BCUT2D eigenvalue weighted by Crippen LogP contribution is 2.13. The van der Waals surface area contributed by atoms with Crippen molar-refractivity contribution in [3.05, 3.63) is 54.0 Å². The number of rotatable bonds is 10. The maximum atomic E-state index is 5.65. The van der Waals surface area contributed by atoms with Crippen molar-refractivity contribution < 1.29 is 13.9 Å². The molecule has 0 aliphatic rings. The highest BCUT2D eigenvalue weighted by Gasteiger charge is 2.01. The number of guanidine groups is 1. The zero-order valence-electron chi connectivity index (χ0n) is 16.2. The maximum Gasteiger partial charge on any atom is 0.191 e. The van der Waals surface area contributed by atoms with Crippen LogP contribution >= 0.6 is 24.0 Å². The minimum Gasteiger partial charge on any atom is -0.491 e. The highest BCUT2D eigenvalue weighted by atomic mass is 127. The van der Waals surface area contributed by atoms with Crippen LogP contribution in [-0.4, -0.2) is 32.3 Å². The van der Waals surface area contributed by atoms with Crippen molar-refractivity contribution >= 4 is 29.9 Å². The van der Waals surface area contributed by atoms with Crippen molar-refractivity contribution in [2.75, 3.05) is 20.2 Å². The minimum atomic E-state index is 0. The van der Waals surface area contributed by atoms with Crippen LogP contribution in [0.3, 0.4) is 0 Å². The third-order valence-corrected chi connectivity index (χ3v) is 3.56. The van der Waals surface area contributed by atoms with Gasteiger partial charge in [-0.25, -0.2) is 0 Å². The molecule has 0 bridgehead atoms. The molecule has 150 valence electrons. The Balaban J connectivity index is 0.00000364. The average Bonchev–Trinajstić information content (AvgIpc) is 3.14. The number of halogens is 1. The van der Waals surface area contributed by atoms with Gasteiger partial charge < -0.3 is 24.5 Å². The molecule has 0 fully saturated rings. The van der Waals surface area contributed by atoms with Gasteiger partial charge in [-0.2, -0.15) is 0 Å². The van der Waals surface area contributed by atoms with Gasteiger partial charge in [0.1, 0.15) is 18.1 Å². The molecule has 1 aromatic carbocycles. The van der Waals surface area contributed by atoms with Crippen LogP contribution in [0, 0.1) is 0 Å². The molecule has 2 rings (SSSR count). The quantitative estimate of drug-likeness (QED) is 0.230. The van der Waals surface area contributed by atoms with E-state index in [0.717, 1.165) is 30.4 Å². The van der Waals surface area contributed by atoms with Crippen LogP contribution in [0.2, 0.25) is 0 Å². The normalized spacial score (nSPS) is 11.2. The van der Waals surface area contributed by atoms with Crippen molar-refractivity contribution in [1.82, 2.24) is 10.6 Å². The lowest BCUT2D eigenvalue weighted by molar-refractivity contribution is 0.105. The molecule has 0 aliphatic heterocycles. The molecule has 0 unspecified atom stereocenters. The highest BCUT2D eigenvalue weighted by molar-refractivity contribution is 14.0. The Kier molecular flexibility index (Phi) is 11.6. The number of aliphatic imine (C=N–C) groups is 1. The van der Waals surface area contributed by atoms with Crippen LogP contribution in [-0.2, 0) is 17.9 Å². The van der Waals surface area contributed by atoms with Gasteiger partial charge in [0, 0.05) is 26.7 Å². The molecule has 0 radical (unpaired) electrons. The summed E-state index contributed by atoms with van der Waals surface area (Å²) in [4.78, 5) is 4.23. The van der Waals surface area contributed by atoms with E-state index in [4.69, 9.17) is 13.9 Å². The number of nitrogens with zero attached hydrogens (tertiary/aromatic N) is 1. The van der Waals surface area contributed by atoms with E-state index in [1.807, 2.05) is 38.1 Å². The van der Waals surface area contributed by atoms with Crippen molar-refractivity contribution in [3.63, 3.8) is 0 Å². The first kappa shape index (κ1) is 23.3. The molecular formula is C20H30IN3O3. The first-order valence-corrected chi connectivity index (χ1v) is 8.97. The summed E-state index contributed by atoms with van der Waals surface area (Å²) in [5, 5.41) is 6.58. The predicted octanol–water partition coefficient (Wildman–Crippen LogP) is 3.96. The molecule has 0 spiro atoms. The molecule has 27 heavy (non-hydrogen) atoms. The zero-order valence-corrected chi connectivity index (χ0v) is 18.6. The third-order valence-electron chi connectivity index (χ3n) is 3.56. The minimum absolute atomic E-state index is 0. The summed E-state index contributed by atoms with van der Waals surface area (Å²) in [6, 6.07) is 11.9. The van der Waals surface area contributed by atoms with Crippen LogP contribution in [0.15, 0.2) is 52.1 Å². The van der Waals surface area contributed by atoms with E-state index in [2.05, 4.69) is 27.8 Å². The van der Waals surface area contributed by atoms with Gasteiger partial charge in [0.05, 0.1) is 12.4 Å². The fraction of sp³-hybridized carbons (Fsp3) is 0.450. The van der Waals surface area contributed by atoms with Crippen LogP contribution in [0.1, 0.15) is 31.6 Å². The van der Waals surface area contributed by atoms with Gasteiger partial charge in [0.25, 0.3) is 0 Å². The second kappa shape index (κ2) is 13.4. The molecule has 0 saturated heterocycles. The Morgan fingerprint density at radius 3 is 2.56 bits per heavy atom. The molecule has 2 N–H and O–H groups in total. The Bertz CT molecular complexity index is 643. The summed E-state index contributed by atoms with van der Waals surface area (Å²) in [6.07, 6.45) is 2.73. The monoisotopic (exact) mass is 487 g/mol. The van der Waals surface area contributed by atoms with Gasteiger partial charge in [-0.05, 0) is 50.1 Å². The van der Waals surface area contributed by atoms with E-state index in [9.17, 15) is 0 Å². The second-order valence-corrected chi connectivity index (χ2v) is 6.15. The van der Waals surface area contributed by atoms with Crippen LogP contribution in [0.5, 0.6) is 5.75 Å². The van der Waals surface area contributed by atoms with E-state index in [-0.39, 0.29) is 30.1 Å². The summed E-state index contributed by atoms with van der Waals surface area (Å²) < 4.78 is 16.4. The summed E-state index contributed by atoms with van der Waals surface area (Å²) >= 11 is 0. The topological polar surface area (TPSA) is 68.0 Å². The predicted molar refractivity (Wildman–Crippen MR) is 119 cm³/mol. The molecule has 0 aliphatic carbocycles. The molecule has 1 heterocycles. The number of hydrogen-bond donors (Lipinski definition) is 2. The molecule has 0 atom stereocenters. The largest absolute Gasteiger partial charge is 0.491 e. The van der Waals surface area contributed by atoms with Gasteiger partial charge >= 0.3 is 0 Å². The van der Waals surface area contributed by atoms with Crippen LogP contribution in [0.25, 0.3) is 0 Å². The van der Waals surface area contributed by atoms with Gasteiger partial charge in [-0.1, -0.05) is 12.1 Å². The van der Waals surface area contributed by atoms with Crippen molar-refractivity contribution in [2.45, 2.75) is 39.5 Å². The fourth-order valence-electron chi connectivity index (χ4n) is 2.31. The summed E-state index contributed by atoms with van der Waals surface area (Å²) in [7, 11) is 1.77. The van der Waals surface area contributed by atoms with Gasteiger partial charge in [-0.15, -0.1) is 24.0 Å². The lowest BCUT2D eigenvalue weighted by atomic mass is 10.2. The van der Waals surface area contributed by atoms with Gasteiger partial charge in [0.15, 0.2) is 5.96 Å². The van der Waals surface area contributed by atoms with Crippen molar-refractivity contribution in [1.29, 1.82) is 0 Å². The molecule has 7 heteroatoms. The average molecular weight is 487 g/mol. The van der Waals surface area contributed by atoms with Gasteiger partial charge in [0.2, 0.25) is 0 Å². The Labute approximate surface area is 178 Å². The van der Waals surface area contributed by atoms with E-state index in [0.29, 0.717) is 19.8 Å². The van der Waals surface area contributed by atoms with Crippen LogP contribution < -0.4 is 15.4 Å². The SMILES string of the molecule is CN=C(NCCCOCc1ccco1)NCc1ccc(OC(C)C)cc1.I. The maximum absolute atomic E-state index is 5.65. The van der Waals surface area contributed by atoms with Crippen molar-refractivity contribution in [2.24, 2.45) is 4.99 Å². The first-order valence-electron chi connectivity index (χ1n) is 8.97. The number of hydrogen-bond acceptors (Lipinski definition) is 4. The molecule has 1 aromatic heterocycles. The standard InChI is InChI=1S/C20H29N3O3.HI/c1-16(2)26-18-9-7-17(8-10-18)14-23-20(21-3)22-11-5-12-24-15-19-6-4-13-25-19;/h4,6-10,13,16H,5,11-12,14-15H2,1-3H3,(H2,21,22,23);1H. The Morgan fingerprint density at radius 2 is 1.93 bits per heavy atom. The number of ether oxygens (including phenoxy) is 2. The molecule has 0 saturated carbocycles. The number of furan rings is 1. The number of benzene rings is 1. The molecular weight excluding hydrogens is 457 g/mol. The Morgan fingerprint density at radius 1 is 1.15 bits per heavy atom. The van der Waals surface area contributed by atoms with E-state index >= 15 is 0 Å². The van der Waals surface area contributed by atoms with Crippen molar-refractivity contribution in [3.8, 4) is 5.75 Å². The van der Waals surface area contributed by atoms with Gasteiger partial charge in [-0.3, -0.25) is 4.99 Å². The zero-order chi connectivity index (χ0) is 18.6. The smallest absolute Gasteiger partial charge is 0.191 e. The molecule has 2 aromatic rings. The first-order chi connectivity index (χ1) is 12.7. The van der Waals surface area contributed by atoms with E-state index in [1.54, 1.807) is 13.3 Å². The third kappa shape index (κ3) is 9.67. The summed E-state index contributed by atoms with van der Waals surface area (Å²) in [5.41, 5.74) is 1.17. The van der Waals surface area contributed by atoms with Crippen LogP contribution in [0.4, 0.5) is 0 Å². The Hall–Kier alpha value is -1.74. The van der Waals surface area contributed by atoms with E-state index in [1.165, 1.54) is 5.56 Å².